The number of nitrogens with one attached hydrogen (secondary N) is 3. The quantitative estimate of drug-likeness (QED) is 0.105. The number of anilines is 1. The highest BCUT2D eigenvalue weighted by atomic mass is 32.2. The van der Waals surface area contributed by atoms with Crippen LogP contribution in [0.4, 0.5) is 14.9 Å². The lowest BCUT2D eigenvalue weighted by Gasteiger charge is -2.37. The number of carbonyl (C=O) groups excluding carboxylic acids is 3. The minimum absolute atomic E-state index is 0.0320. The molecule has 298 valence electrons. The number of ether oxygens (including phenoxy) is 3. The smallest absolute Gasteiger partial charge is 0.409 e. The lowest BCUT2D eigenvalue weighted by atomic mass is 10.00. The predicted molar refractivity (Wildman–Crippen MR) is 207 cm³/mol. The Kier molecular flexibility index (Phi) is 14.0. The third-order valence-electron chi connectivity index (χ3n) is 9.42. The van der Waals surface area contributed by atoms with E-state index in [4.69, 9.17) is 19.3 Å². The molecule has 2 aromatic carbocycles. The fourth-order valence-electron chi connectivity index (χ4n) is 6.14. The number of aromatic nitrogens is 1. The maximum absolute atomic E-state index is 14.9. The van der Waals surface area contributed by atoms with Crippen molar-refractivity contribution in [3.05, 3.63) is 59.2 Å². The zero-order chi connectivity index (χ0) is 39.8. The van der Waals surface area contributed by atoms with Crippen LogP contribution >= 0.6 is 23.1 Å². The summed E-state index contributed by atoms with van der Waals surface area (Å²) in [7, 11) is 1.42. The van der Waals surface area contributed by atoms with Gasteiger partial charge < -0.3 is 40.0 Å². The number of benzene rings is 2. The van der Waals surface area contributed by atoms with E-state index in [9.17, 15) is 28.7 Å². The summed E-state index contributed by atoms with van der Waals surface area (Å²) in [5.41, 5.74) is 2.89. The molecule has 0 radical (unpaired) electrons. The Morgan fingerprint density at radius 3 is 2.53 bits per heavy atom. The van der Waals surface area contributed by atoms with Gasteiger partial charge in [-0.15, -0.1) is 11.3 Å². The van der Waals surface area contributed by atoms with Crippen molar-refractivity contribution >= 4 is 52.6 Å². The van der Waals surface area contributed by atoms with Crippen LogP contribution in [0.3, 0.4) is 0 Å². The number of rotatable bonds is 19. The maximum atomic E-state index is 14.9. The van der Waals surface area contributed by atoms with E-state index in [1.54, 1.807) is 42.8 Å². The first-order chi connectivity index (χ1) is 26.2. The number of alkyl halides is 1. The molecule has 5 rings (SSSR count). The van der Waals surface area contributed by atoms with Gasteiger partial charge in [0.2, 0.25) is 11.8 Å². The van der Waals surface area contributed by atoms with Crippen molar-refractivity contribution in [1.82, 2.24) is 20.5 Å². The number of aliphatic hydroxyl groups excluding tert-OH is 1. The van der Waals surface area contributed by atoms with Crippen molar-refractivity contribution < 1.29 is 48.0 Å². The number of thiazole rings is 1. The number of halogens is 1. The van der Waals surface area contributed by atoms with E-state index in [1.165, 1.54) is 29.8 Å². The molecule has 17 heteroatoms. The summed E-state index contributed by atoms with van der Waals surface area (Å²) in [4.78, 5) is 58.3. The molecule has 55 heavy (non-hydrogen) atoms. The third-order valence-corrected chi connectivity index (χ3v) is 11.9. The topological polar surface area (TPSA) is 189 Å². The lowest BCUT2D eigenvalue weighted by Crippen LogP contribution is -2.61. The van der Waals surface area contributed by atoms with E-state index in [2.05, 4.69) is 20.9 Å². The number of β-amino-alcohol motifs (C(OH)–C–C–N with tert-alkyl or cyclic N) is 1. The number of amides is 4. The van der Waals surface area contributed by atoms with Crippen molar-refractivity contribution in [3.8, 4) is 21.9 Å². The second-order valence-corrected chi connectivity index (χ2v) is 16.6. The fraction of sp³-hybridized carbons (Fsp3) is 0.500. The monoisotopic (exact) mass is 801 g/mol. The van der Waals surface area contributed by atoms with Crippen LogP contribution in [0.1, 0.15) is 50.8 Å². The molecule has 1 saturated carbocycles. The zero-order valence-corrected chi connectivity index (χ0v) is 32.9. The van der Waals surface area contributed by atoms with Crippen molar-refractivity contribution in [2.75, 3.05) is 44.5 Å². The number of thioether (sulfide) groups is 1. The second-order valence-electron chi connectivity index (χ2n) is 14.0. The summed E-state index contributed by atoms with van der Waals surface area (Å²) in [5, 5.41) is 27.4. The standard InChI is InChI=1S/C38H48FN5O9S2/c1-23-31(54-22-41-23)25-8-6-24(7-9-25)20-40-33(46)29-18-26(45)21-44(29)34(47)32(43-35(48)38(39)12-13-38)37(2,3)55-17-5-14-52-15-16-53-27-10-11-28(42-36(49)50)30(19-27)51-4/h6-11,19,22,26,29,32,42,45H,5,12-18,20-21H2,1-4H3,(H,40,46)(H,43,48)(H,49,50)/t26-,29+,32?/m1/s1. The van der Waals surface area contributed by atoms with E-state index in [0.29, 0.717) is 36.0 Å². The minimum atomic E-state index is -2.02. The highest BCUT2D eigenvalue weighted by Gasteiger charge is 2.54. The van der Waals surface area contributed by atoms with Crippen molar-refractivity contribution in [1.29, 1.82) is 0 Å². The number of aryl methyl sites for hydroxylation is 1. The molecule has 0 spiro atoms. The van der Waals surface area contributed by atoms with Crippen LogP contribution in [0.25, 0.3) is 10.4 Å². The van der Waals surface area contributed by atoms with Crippen LogP contribution in [0.2, 0.25) is 0 Å². The van der Waals surface area contributed by atoms with E-state index in [0.717, 1.165) is 21.7 Å². The first kappa shape index (κ1) is 41.7. The number of carboxylic acid groups (broad SMARTS) is 1. The molecule has 1 unspecified atom stereocenters. The molecule has 3 aromatic rings. The molecule has 2 heterocycles. The first-order valence-corrected chi connectivity index (χ1v) is 19.9. The number of aliphatic hydroxyl groups is 1. The van der Waals surface area contributed by atoms with Gasteiger partial charge in [-0.25, -0.2) is 14.2 Å². The summed E-state index contributed by atoms with van der Waals surface area (Å²) in [6.45, 7) is 6.53. The van der Waals surface area contributed by atoms with Gasteiger partial charge in [0, 0.05) is 36.9 Å². The van der Waals surface area contributed by atoms with Crippen LogP contribution in [0.5, 0.6) is 11.5 Å². The van der Waals surface area contributed by atoms with Gasteiger partial charge in [-0.3, -0.25) is 19.7 Å². The highest BCUT2D eigenvalue weighted by Crippen LogP contribution is 2.41. The zero-order valence-electron chi connectivity index (χ0n) is 31.3. The maximum Gasteiger partial charge on any atom is 0.409 e. The summed E-state index contributed by atoms with van der Waals surface area (Å²) < 4.78 is 30.6. The summed E-state index contributed by atoms with van der Waals surface area (Å²) >= 11 is 2.97. The number of hydrogen-bond donors (Lipinski definition) is 5. The number of likely N-dealkylation sites (tertiary alicyclic amines) is 1. The molecular weight excluding hydrogens is 754 g/mol. The minimum Gasteiger partial charge on any atom is -0.494 e. The van der Waals surface area contributed by atoms with Gasteiger partial charge in [-0.2, -0.15) is 11.8 Å². The summed E-state index contributed by atoms with van der Waals surface area (Å²) in [5.74, 6) is -0.520. The molecule has 2 aliphatic rings. The molecule has 4 amide bonds. The third kappa shape index (κ3) is 11.1. The SMILES string of the molecule is COc1cc(OCCOCCCSC(C)(C)C(NC(=O)C2(F)CC2)C(=O)N2C[C@H](O)C[C@H]2C(=O)NCc2ccc(-c3scnc3C)cc2)ccc1NC(=O)O. The molecule has 14 nitrogen and oxygen atoms in total. The van der Waals surface area contributed by atoms with Crippen molar-refractivity contribution in [2.45, 2.75) is 81.6 Å². The average Bonchev–Trinajstić information content (AvgIpc) is 3.56. The van der Waals surface area contributed by atoms with Gasteiger partial charge in [0.25, 0.3) is 5.91 Å². The van der Waals surface area contributed by atoms with Crippen LogP contribution in [0.15, 0.2) is 48.0 Å². The van der Waals surface area contributed by atoms with Gasteiger partial charge >= 0.3 is 6.09 Å². The number of carbonyl (C=O) groups is 4. The normalized spacial score (nSPS) is 18.0. The Hall–Kier alpha value is -4.45. The molecule has 3 atom stereocenters. The molecule has 1 saturated heterocycles. The Morgan fingerprint density at radius 2 is 1.87 bits per heavy atom. The van der Waals surface area contributed by atoms with Gasteiger partial charge in [0.1, 0.15) is 30.2 Å². The highest BCUT2D eigenvalue weighted by molar-refractivity contribution is 8.00. The molecule has 1 aliphatic carbocycles. The molecular formula is C38H48FN5O9S2. The van der Waals surface area contributed by atoms with Crippen LogP contribution < -0.4 is 25.4 Å². The van der Waals surface area contributed by atoms with Crippen LogP contribution in [-0.2, 0) is 25.7 Å². The summed E-state index contributed by atoms with van der Waals surface area (Å²) in [6.07, 6.45) is -1.37. The predicted octanol–water partition coefficient (Wildman–Crippen LogP) is 4.78. The van der Waals surface area contributed by atoms with Gasteiger partial charge in [0.05, 0.1) is 41.6 Å². The average molecular weight is 802 g/mol. The Morgan fingerprint density at radius 1 is 1.13 bits per heavy atom. The van der Waals surface area contributed by atoms with E-state index in [1.807, 2.05) is 31.2 Å². The molecule has 1 aliphatic heterocycles. The number of hydrogen-bond acceptors (Lipinski definition) is 11. The summed E-state index contributed by atoms with van der Waals surface area (Å²) in [6, 6.07) is 10.3. The van der Waals surface area contributed by atoms with Gasteiger partial charge in [-0.1, -0.05) is 24.3 Å². The van der Waals surface area contributed by atoms with Crippen LogP contribution in [-0.4, -0.2) is 112 Å². The van der Waals surface area contributed by atoms with E-state index < -0.39 is 52.4 Å². The molecule has 2 fully saturated rings. The van der Waals surface area contributed by atoms with Gasteiger partial charge in [-0.05, 0) is 69.0 Å². The van der Waals surface area contributed by atoms with Crippen molar-refractivity contribution in [3.63, 3.8) is 0 Å². The Balaban J connectivity index is 1.13. The number of methoxy groups -OCH3 is 1. The first-order valence-electron chi connectivity index (χ1n) is 18.0. The molecule has 5 N–H and O–H groups in total. The Bertz CT molecular complexity index is 1820. The lowest BCUT2D eigenvalue weighted by molar-refractivity contribution is -0.143. The molecule has 1 aromatic heterocycles. The largest absolute Gasteiger partial charge is 0.494 e. The number of nitrogens with zero attached hydrogens (tertiary/aromatic N) is 2. The second kappa shape index (κ2) is 18.5. The van der Waals surface area contributed by atoms with E-state index >= 15 is 0 Å². The Labute approximate surface area is 327 Å². The van der Waals surface area contributed by atoms with E-state index in [-0.39, 0.29) is 45.6 Å². The van der Waals surface area contributed by atoms with Crippen LogP contribution in [0, 0.1) is 6.92 Å². The fourth-order valence-corrected chi connectivity index (χ4v) is 8.07. The van der Waals surface area contributed by atoms with Gasteiger partial charge in [0.15, 0.2) is 5.67 Å². The van der Waals surface area contributed by atoms with Crippen molar-refractivity contribution in [2.24, 2.45) is 0 Å². The molecule has 0 bridgehead atoms.